The first kappa shape index (κ1) is 16.7. The Morgan fingerprint density at radius 1 is 1.21 bits per heavy atom. The van der Waals surface area contributed by atoms with Crippen LogP contribution in [0.4, 0.5) is 0 Å². The molecule has 3 aromatic rings. The van der Waals surface area contributed by atoms with E-state index >= 15 is 0 Å². The van der Waals surface area contributed by atoms with Gasteiger partial charge in [-0.3, -0.25) is 4.79 Å². The predicted octanol–water partition coefficient (Wildman–Crippen LogP) is 3.74. The summed E-state index contributed by atoms with van der Waals surface area (Å²) < 4.78 is 6.43. The summed E-state index contributed by atoms with van der Waals surface area (Å²) in [5.74, 6) is 0.135. The van der Waals surface area contributed by atoms with Gasteiger partial charge in [-0.05, 0) is 35.9 Å². The van der Waals surface area contributed by atoms with Crippen LogP contribution in [-0.2, 0) is 11.3 Å². The highest BCUT2D eigenvalue weighted by Gasteiger charge is 2.08. The molecule has 0 fully saturated rings. The standard InChI is InChI=1S/C17H13BrClN3O2/c18-12-4-5-15-14(7-12)17(22-10-21-15)24-9-16(23)20-8-11-2-1-3-13(19)6-11/h1-7,10H,8-9H2,(H,20,23). The zero-order chi connectivity index (χ0) is 16.9. The number of aromatic nitrogens is 2. The van der Waals surface area contributed by atoms with E-state index in [0.29, 0.717) is 17.4 Å². The molecule has 1 heterocycles. The van der Waals surface area contributed by atoms with E-state index < -0.39 is 0 Å². The van der Waals surface area contributed by atoms with E-state index in [1.165, 1.54) is 6.33 Å². The third kappa shape index (κ3) is 4.21. The monoisotopic (exact) mass is 405 g/mol. The highest BCUT2D eigenvalue weighted by molar-refractivity contribution is 9.10. The molecule has 0 saturated carbocycles. The first-order valence-corrected chi connectivity index (χ1v) is 8.33. The molecule has 2 aromatic carbocycles. The van der Waals surface area contributed by atoms with Gasteiger partial charge < -0.3 is 10.1 Å². The Balaban J connectivity index is 1.61. The fourth-order valence-electron chi connectivity index (χ4n) is 2.15. The summed E-state index contributed by atoms with van der Waals surface area (Å²) >= 11 is 9.32. The number of carbonyl (C=O) groups excluding carboxylic acids is 1. The fraction of sp³-hybridized carbons (Fsp3) is 0.118. The van der Waals surface area contributed by atoms with Gasteiger partial charge in [-0.1, -0.05) is 39.7 Å². The summed E-state index contributed by atoms with van der Waals surface area (Å²) in [6.07, 6.45) is 1.41. The normalized spacial score (nSPS) is 10.6. The number of nitrogens with one attached hydrogen (secondary N) is 1. The van der Waals surface area contributed by atoms with Gasteiger partial charge in [-0.25, -0.2) is 9.97 Å². The Hall–Kier alpha value is -2.18. The molecule has 7 heteroatoms. The second-order valence-electron chi connectivity index (χ2n) is 5.04. The molecule has 122 valence electrons. The lowest BCUT2D eigenvalue weighted by atomic mass is 10.2. The van der Waals surface area contributed by atoms with Gasteiger partial charge in [0.1, 0.15) is 6.33 Å². The van der Waals surface area contributed by atoms with Crippen molar-refractivity contribution in [2.24, 2.45) is 0 Å². The molecule has 0 aliphatic rings. The molecule has 3 rings (SSSR count). The van der Waals surface area contributed by atoms with E-state index in [1.807, 2.05) is 30.3 Å². The molecule has 5 nitrogen and oxygen atoms in total. The van der Waals surface area contributed by atoms with Crippen molar-refractivity contribution in [3.63, 3.8) is 0 Å². The van der Waals surface area contributed by atoms with Crippen LogP contribution in [0.5, 0.6) is 5.88 Å². The van der Waals surface area contributed by atoms with E-state index in [2.05, 4.69) is 31.2 Å². The second kappa shape index (κ2) is 7.59. The molecule has 0 aliphatic heterocycles. The Kier molecular flexibility index (Phi) is 5.27. The van der Waals surface area contributed by atoms with Gasteiger partial charge in [0.05, 0.1) is 10.9 Å². The molecule has 1 amide bonds. The maximum absolute atomic E-state index is 12.0. The van der Waals surface area contributed by atoms with Crippen molar-refractivity contribution in [1.82, 2.24) is 15.3 Å². The summed E-state index contributed by atoms with van der Waals surface area (Å²) in [4.78, 5) is 20.2. The first-order valence-electron chi connectivity index (χ1n) is 7.16. The number of carbonyl (C=O) groups is 1. The molecule has 0 aliphatic carbocycles. The molecule has 0 saturated heterocycles. The average molecular weight is 407 g/mol. The largest absolute Gasteiger partial charge is 0.467 e. The zero-order valence-corrected chi connectivity index (χ0v) is 14.8. The van der Waals surface area contributed by atoms with Gasteiger partial charge in [0, 0.05) is 16.0 Å². The number of hydrogen-bond donors (Lipinski definition) is 1. The van der Waals surface area contributed by atoms with Crippen LogP contribution in [-0.4, -0.2) is 22.5 Å². The van der Waals surface area contributed by atoms with E-state index in [1.54, 1.807) is 12.1 Å². The minimum Gasteiger partial charge on any atom is -0.467 e. The number of rotatable bonds is 5. The minimum atomic E-state index is -0.239. The smallest absolute Gasteiger partial charge is 0.258 e. The maximum Gasteiger partial charge on any atom is 0.258 e. The summed E-state index contributed by atoms with van der Waals surface area (Å²) in [5.41, 5.74) is 1.68. The van der Waals surface area contributed by atoms with E-state index in [-0.39, 0.29) is 12.5 Å². The van der Waals surface area contributed by atoms with Crippen molar-refractivity contribution in [2.45, 2.75) is 6.54 Å². The van der Waals surface area contributed by atoms with E-state index in [4.69, 9.17) is 16.3 Å². The quantitative estimate of drug-likeness (QED) is 0.701. The third-order valence-electron chi connectivity index (χ3n) is 3.28. The lowest BCUT2D eigenvalue weighted by Gasteiger charge is -2.09. The highest BCUT2D eigenvalue weighted by atomic mass is 79.9. The van der Waals surface area contributed by atoms with Crippen LogP contribution in [0.1, 0.15) is 5.56 Å². The summed E-state index contributed by atoms with van der Waals surface area (Å²) in [6, 6.07) is 12.9. The van der Waals surface area contributed by atoms with Crippen molar-refractivity contribution in [1.29, 1.82) is 0 Å². The van der Waals surface area contributed by atoms with Crippen LogP contribution < -0.4 is 10.1 Å². The van der Waals surface area contributed by atoms with Gasteiger partial charge >= 0.3 is 0 Å². The van der Waals surface area contributed by atoms with Gasteiger partial charge in [-0.2, -0.15) is 0 Å². The number of benzene rings is 2. The van der Waals surface area contributed by atoms with Crippen LogP contribution in [0.25, 0.3) is 10.9 Å². The SMILES string of the molecule is O=C(COc1ncnc2ccc(Br)cc12)NCc1cccc(Cl)c1. The summed E-state index contributed by atoms with van der Waals surface area (Å²) in [6.45, 7) is 0.262. The van der Waals surface area contributed by atoms with Crippen molar-refractivity contribution >= 4 is 44.3 Å². The molecular formula is C17H13BrClN3O2. The molecule has 24 heavy (non-hydrogen) atoms. The summed E-state index contributed by atoms with van der Waals surface area (Å²) in [5, 5.41) is 4.16. The molecule has 1 N–H and O–H groups in total. The Morgan fingerprint density at radius 2 is 2.08 bits per heavy atom. The van der Waals surface area contributed by atoms with Crippen LogP contribution in [0, 0.1) is 0 Å². The van der Waals surface area contributed by atoms with Crippen molar-refractivity contribution in [2.75, 3.05) is 6.61 Å². The van der Waals surface area contributed by atoms with Gasteiger partial charge in [0.15, 0.2) is 6.61 Å². The zero-order valence-electron chi connectivity index (χ0n) is 12.5. The number of amides is 1. The van der Waals surface area contributed by atoms with Gasteiger partial charge in [0.2, 0.25) is 5.88 Å². The van der Waals surface area contributed by atoms with Crippen molar-refractivity contribution in [3.05, 3.63) is 63.9 Å². The van der Waals surface area contributed by atoms with Crippen LogP contribution >= 0.6 is 27.5 Å². The number of nitrogens with zero attached hydrogens (tertiary/aromatic N) is 2. The van der Waals surface area contributed by atoms with Crippen LogP contribution in [0.2, 0.25) is 5.02 Å². The summed E-state index contributed by atoms with van der Waals surface area (Å²) in [7, 11) is 0. The Morgan fingerprint density at radius 3 is 2.92 bits per heavy atom. The lowest BCUT2D eigenvalue weighted by molar-refractivity contribution is -0.123. The predicted molar refractivity (Wildman–Crippen MR) is 96.0 cm³/mol. The highest BCUT2D eigenvalue weighted by Crippen LogP contribution is 2.24. The van der Waals surface area contributed by atoms with Crippen molar-refractivity contribution < 1.29 is 9.53 Å². The Bertz CT molecular complexity index is 889. The van der Waals surface area contributed by atoms with Crippen molar-refractivity contribution in [3.8, 4) is 5.88 Å². The molecule has 0 spiro atoms. The first-order chi connectivity index (χ1) is 11.6. The van der Waals surface area contributed by atoms with Crippen LogP contribution in [0.15, 0.2) is 53.3 Å². The number of halogens is 2. The van der Waals surface area contributed by atoms with Crippen LogP contribution in [0.3, 0.4) is 0 Å². The number of fused-ring (bicyclic) bond motifs is 1. The maximum atomic E-state index is 12.0. The third-order valence-corrected chi connectivity index (χ3v) is 4.01. The number of hydrogen-bond acceptors (Lipinski definition) is 4. The molecule has 1 aromatic heterocycles. The fourth-order valence-corrected chi connectivity index (χ4v) is 2.73. The number of ether oxygens (including phenoxy) is 1. The minimum absolute atomic E-state index is 0.126. The molecule has 0 bridgehead atoms. The van der Waals surface area contributed by atoms with E-state index in [9.17, 15) is 4.79 Å². The van der Waals surface area contributed by atoms with Gasteiger partial charge in [-0.15, -0.1) is 0 Å². The topological polar surface area (TPSA) is 64.1 Å². The molecule has 0 radical (unpaired) electrons. The Labute approximate surface area is 152 Å². The van der Waals surface area contributed by atoms with E-state index in [0.717, 1.165) is 20.9 Å². The average Bonchev–Trinajstić information content (AvgIpc) is 2.58. The molecule has 0 unspecified atom stereocenters. The lowest BCUT2D eigenvalue weighted by Crippen LogP contribution is -2.28. The van der Waals surface area contributed by atoms with Gasteiger partial charge in [0.25, 0.3) is 5.91 Å². The molecular weight excluding hydrogens is 394 g/mol. The molecule has 0 atom stereocenters. The second-order valence-corrected chi connectivity index (χ2v) is 6.39.